The van der Waals surface area contributed by atoms with Gasteiger partial charge in [-0.05, 0) is 23.1 Å². The van der Waals surface area contributed by atoms with Crippen molar-refractivity contribution in [2.75, 3.05) is 6.54 Å². The number of aromatic nitrogens is 3. The normalized spacial score (nSPS) is 12.9. The first-order valence-corrected chi connectivity index (χ1v) is 10.9. The van der Waals surface area contributed by atoms with E-state index in [0.717, 1.165) is 21.8 Å². The molecule has 0 saturated heterocycles. The number of ketones is 1. The molecule has 0 saturated carbocycles. The Morgan fingerprint density at radius 3 is 2.66 bits per heavy atom. The highest BCUT2D eigenvalue weighted by Gasteiger charge is 2.23. The Balaban J connectivity index is 1.50. The summed E-state index contributed by atoms with van der Waals surface area (Å²) in [5, 5.41) is 9.00. The minimum Gasteiger partial charge on any atom is -0.426 e. The molecule has 1 aromatic carbocycles. The van der Waals surface area contributed by atoms with Crippen LogP contribution < -0.4 is 15.4 Å². The molecule has 0 radical (unpaired) electrons. The van der Waals surface area contributed by atoms with Crippen molar-refractivity contribution in [2.24, 2.45) is 5.41 Å². The summed E-state index contributed by atoms with van der Waals surface area (Å²) in [7, 11) is 0. The van der Waals surface area contributed by atoms with E-state index in [1.807, 2.05) is 20.8 Å². The zero-order chi connectivity index (χ0) is 25.3. The van der Waals surface area contributed by atoms with Crippen LogP contribution in [0.2, 0.25) is 0 Å². The predicted octanol–water partition coefficient (Wildman–Crippen LogP) is 1.99. The molecule has 182 valence electrons. The number of fused-ring (bicyclic) bond motifs is 2. The van der Waals surface area contributed by atoms with Crippen LogP contribution in [0.25, 0.3) is 5.65 Å². The van der Waals surface area contributed by atoms with Gasteiger partial charge in [0.15, 0.2) is 17.2 Å². The number of hydrogen-bond donors (Lipinski definition) is 2. The lowest BCUT2D eigenvalue weighted by atomic mass is 9.90. The summed E-state index contributed by atoms with van der Waals surface area (Å²) in [6, 6.07) is 6.30. The lowest BCUT2D eigenvalue weighted by Gasteiger charge is -2.17. The largest absolute Gasteiger partial charge is 0.426 e. The Kier molecular flexibility index (Phi) is 6.33. The van der Waals surface area contributed by atoms with E-state index in [2.05, 4.69) is 20.7 Å². The molecule has 1 aliphatic heterocycles. The van der Waals surface area contributed by atoms with Crippen molar-refractivity contribution < 1.29 is 28.3 Å². The molecule has 0 aliphatic carbocycles. The Labute approximate surface area is 199 Å². The number of esters is 1. The number of carbonyl (C=O) groups is 4. The fourth-order valence-corrected chi connectivity index (χ4v) is 3.71. The highest BCUT2D eigenvalue weighted by molar-refractivity contribution is 5.99. The monoisotopic (exact) mass is 481 g/mol. The molecule has 0 bridgehead atoms. The zero-order valence-electron chi connectivity index (χ0n) is 19.5. The van der Waals surface area contributed by atoms with Gasteiger partial charge in [-0.25, -0.2) is 13.9 Å². The average molecular weight is 481 g/mol. The highest BCUT2D eigenvalue weighted by atomic mass is 19.1. The first kappa shape index (κ1) is 24.0. The smallest absolute Gasteiger partial charge is 0.315 e. The fraction of sp³-hybridized carbons (Fsp3) is 0.333. The predicted molar refractivity (Wildman–Crippen MR) is 121 cm³/mol. The number of carbonyl (C=O) groups excluding carboxylic acids is 4. The average Bonchev–Trinajstić information content (AvgIpc) is 3.35. The SMILES string of the molecule is CC(C)(C)CC(=O)CNC(=O)c1cc(C(=O)NCc2ccc3c(c2)CC(=O)O3)nc2c(F)cnn12. The molecule has 10 nitrogen and oxygen atoms in total. The van der Waals surface area contributed by atoms with Gasteiger partial charge in [-0.15, -0.1) is 0 Å². The summed E-state index contributed by atoms with van der Waals surface area (Å²) < 4.78 is 20.3. The molecule has 0 spiro atoms. The molecule has 0 unspecified atom stereocenters. The van der Waals surface area contributed by atoms with Gasteiger partial charge in [-0.1, -0.05) is 26.8 Å². The van der Waals surface area contributed by atoms with Crippen molar-refractivity contribution in [1.82, 2.24) is 25.2 Å². The van der Waals surface area contributed by atoms with E-state index in [1.54, 1.807) is 18.2 Å². The molecular formula is C24H24FN5O5. The molecule has 11 heteroatoms. The van der Waals surface area contributed by atoms with Gasteiger partial charge in [-0.2, -0.15) is 5.10 Å². The van der Waals surface area contributed by atoms with Crippen molar-refractivity contribution in [3.8, 4) is 5.75 Å². The summed E-state index contributed by atoms with van der Waals surface area (Å²) in [6.45, 7) is 5.62. The lowest BCUT2D eigenvalue weighted by molar-refractivity contribution is -0.131. The van der Waals surface area contributed by atoms with Crippen molar-refractivity contribution in [1.29, 1.82) is 0 Å². The van der Waals surface area contributed by atoms with Crippen molar-refractivity contribution in [3.05, 3.63) is 58.8 Å². The molecule has 3 heterocycles. The molecule has 0 fully saturated rings. The first-order valence-electron chi connectivity index (χ1n) is 10.9. The van der Waals surface area contributed by atoms with Crippen molar-refractivity contribution in [3.63, 3.8) is 0 Å². The van der Waals surface area contributed by atoms with Crippen molar-refractivity contribution >= 4 is 29.2 Å². The van der Waals surface area contributed by atoms with Gasteiger partial charge in [0.25, 0.3) is 11.8 Å². The van der Waals surface area contributed by atoms with Gasteiger partial charge in [0.05, 0.1) is 19.2 Å². The third-order valence-electron chi connectivity index (χ3n) is 5.20. The standard InChI is InChI=1S/C24H24FN5O5/c1-24(2,3)9-15(31)11-27-23(34)18-8-17(29-21-16(25)12-28-30(18)21)22(33)26-10-13-4-5-19-14(6-13)7-20(32)35-19/h4-6,8,12H,7,9-11H2,1-3H3,(H,26,33)(H,27,34). The summed E-state index contributed by atoms with van der Waals surface area (Å²) in [5.74, 6) is -2.15. The molecular weight excluding hydrogens is 457 g/mol. The third kappa shape index (κ3) is 5.51. The summed E-state index contributed by atoms with van der Waals surface area (Å²) >= 11 is 0. The number of Topliss-reactive ketones (excluding diaryl/α,β-unsaturated/α-hetero) is 1. The number of ether oxygens (including phenoxy) is 1. The van der Waals surface area contributed by atoms with E-state index >= 15 is 0 Å². The Morgan fingerprint density at radius 1 is 1.14 bits per heavy atom. The number of nitrogens with zero attached hydrogens (tertiary/aromatic N) is 3. The molecule has 0 atom stereocenters. The van der Waals surface area contributed by atoms with Gasteiger partial charge in [-0.3, -0.25) is 19.2 Å². The topological polar surface area (TPSA) is 132 Å². The zero-order valence-corrected chi connectivity index (χ0v) is 19.5. The molecule has 1 aliphatic rings. The van der Waals surface area contributed by atoms with E-state index in [-0.39, 0.29) is 60.1 Å². The molecule has 35 heavy (non-hydrogen) atoms. The van der Waals surface area contributed by atoms with Crippen LogP contribution in [0.3, 0.4) is 0 Å². The summed E-state index contributed by atoms with van der Waals surface area (Å²) in [5.41, 5.74) is 0.592. The Hall–Kier alpha value is -4.15. The van der Waals surface area contributed by atoms with E-state index in [0.29, 0.717) is 5.75 Å². The van der Waals surface area contributed by atoms with Gasteiger partial charge in [0.2, 0.25) is 0 Å². The Bertz CT molecular complexity index is 1360. The maximum Gasteiger partial charge on any atom is 0.315 e. The minimum atomic E-state index is -0.805. The van der Waals surface area contributed by atoms with Gasteiger partial charge >= 0.3 is 5.97 Å². The second kappa shape index (κ2) is 9.24. The molecule has 2 aromatic heterocycles. The van der Waals surface area contributed by atoms with E-state index in [1.165, 1.54) is 6.07 Å². The Morgan fingerprint density at radius 2 is 1.91 bits per heavy atom. The number of amides is 2. The second-order valence-corrected chi connectivity index (χ2v) is 9.49. The molecule has 2 N–H and O–H groups in total. The van der Waals surface area contributed by atoms with Gasteiger partial charge < -0.3 is 15.4 Å². The number of rotatable bonds is 7. The van der Waals surface area contributed by atoms with Crippen LogP contribution in [0.15, 0.2) is 30.5 Å². The first-order chi connectivity index (χ1) is 16.5. The van der Waals surface area contributed by atoms with Gasteiger partial charge in [0, 0.05) is 24.6 Å². The van der Waals surface area contributed by atoms with Crippen LogP contribution in [-0.4, -0.2) is 44.7 Å². The summed E-state index contributed by atoms with van der Waals surface area (Å²) in [4.78, 5) is 53.1. The number of hydrogen-bond acceptors (Lipinski definition) is 7. The van der Waals surface area contributed by atoms with Crippen LogP contribution in [0.5, 0.6) is 5.75 Å². The van der Waals surface area contributed by atoms with Gasteiger partial charge in [0.1, 0.15) is 17.1 Å². The van der Waals surface area contributed by atoms with E-state index in [9.17, 15) is 23.6 Å². The molecule has 4 rings (SSSR count). The number of nitrogens with one attached hydrogen (secondary N) is 2. The second-order valence-electron chi connectivity index (χ2n) is 9.49. The molecule has 3 aromatic rings. The quantitative estimate of drug-likeness (QED) is 0.390. The molecule has 2 amide bonds. The number of halogens is 1. The van der Waals surface area contributed by atoms with E-state index in [4.69, 9.17) is 4.74 Å². The lowest BCUT2D eigenvalue weighted by Crippen LogP contribution is -2.33. The summed E-state index contributed by atoms with van der Waals surface area (Å²) in [6.07, 6.45) is 1.32. The van der Waals surface area contributed by atoms with E-state index < -0.39 is 17.6 Å². The van der Waals surface area contributed by atoms with Crippen LogP contribution in [-0.2, 0) is 22.6 Å². The maximum absolute atomic E-state index is 14.2. The van der Waals surface area contributed by atoms with Crippen molar-refractivity contribution in [2.45, 2.75) is 40.2 Å². The van der Waals surface area contributed by atoms with Crippen LogP contribution in [0.1, 0.15) is 59.3 Å². The van der Waals surface area contributed by atoms with Crippen LogP contribution in [0.4, 0.5) is 4.39 Å². The third-order valence-corrected chi connectivity index (χ3v) is 5.20. The number of benzene rings is 1. The van der Waals surface area contributed by atoms with Crippen LogP contribution >= 0.6 is 0 Å². The van der Waals surface area contributed by atoms with Crippen LogP contribution in [0, 0.1) is 11.2 Å². The maximum atomic E-state index is 14.2. The minimum absolute atomic E-state index is 0.109. The fourth-order valence-electron chi connectivity index (χ4n) is 3.71. The highest BCUT2D eigenvalue weighted by Crippen LogP contribution is 2.26.